The molecule has 0 spiro atoms. The highest BCUT2D eigenvalue weighted by Crippen LogP contribution is 2.35. The highest BCUT2D eigenvalue weighted by atomic mass is 32.1. The van der Waals surface area contributed by atoms with Gasteiger partial charge in [-0.15, -0.1) is 11.3 Å². The number of hydrogen-bond donors (Lipinski definition) is 2. The summed E-state index contributed by atoms with van der Waals surface area (Å²) in [6, 6.07) is 11.5. The van der Waals surface area contributed by atoms with Gasteiger partial charge in [-0.1, -0.05) is 12.1 Å². The molecule has 4 rings (SSSR count). The fraction of sp³-hybridized carbons (Fsp3) is 0.0625. The van der Waals surface area contributed by atoms with Crippen LogP contribution in [-0.4, -0.2) is 20.9 Å². The number of para-hydroxylation sites is 2. The number of nitrogens with one attached hydrogen (secondary N) is 2. The van der Waals surface area contributed by atoms with Crippen molar-refractivity contribution in [3.8, 4) is 0 Å². The van der Waals surface area contributed by atoms with E-state index in [1.807, 2.05) is 18.2 Å². The van der Waals surface area contributed by atoms with Gasteiger partial charge in [-0.25, -0.2) is 9.97 Å². The lowest BCUT2D eigenvalue weighted by Gasteiger charge is -2.01. The van der Waals surface area contributed by atoms with Crippen molar-refractivity contribution < 1.29 is 18.0 Å². The first-order chi connectivity index (χ1) is 11.9. The van der Waals surface area contributed by atoms with E-state index in [1.54, 1.807) is 6.07 Å². The Bertz CT molecular complexity index is 1070. The lowest BCUT2D eigenvalue weighted by Crippen LogP contribution is -2.12. The summed E-state index contributed by atoms with van der Waals surface area (Å²) < 4.78 is 38.5. The van der Waals surface area contributed by atoms with Gasteiger partial charge in [0.1, 0.15) is 0 Å². The number of carbonyl (C=O) groups excluding carboxylic acids is 1. The molecule has 1 amide bonds. The van der Waals surface area contributed by atoms with E-state index in [0.29, 0.717) is 21.6 Å². The zero-order valence-corrected chi connectivity index (χ0v) is 13.2. The Labute approximate surface area is 142 Å². The Balaban J connectivity index is 1.63. The molecule has 2 aromatic carbocycles. The number of rotatable bonds is 2. The second-order valence-electron chi connectivity index (χ2n) is 5.26. The number of aromatic amines is 1. The molecule has 0 aliphatic rings. The molecule has 0 unspecified atom stereocenters. The molecule has 2 N–H and O–H groups in total. The zero-order valence-electron chi connectivity index (χ0n) is 12.4. The van der Waals surface area contributed by atoms with Gasteiger partial charge in [0.25, 0.3) is 5.91 Å². The summed E-state index contributed by atoms with van der Waals surface area (Å²) >= 11 is 0.506. The average molecular weight is 362 g/mol. The van der Waals surface area contributed by atoms with Gasteiger partial charge < -0.3 is 4.98 Å². The predicted molar refractivity (Wildman–Crippen MR) is 88.7 cm³/mol. The number of H-pyrrole nitrogens is 1. The van der Waals surface area contributed by atoms with Crippen LogP contribution in [0.1, 0.15) is 15.4 Å². The fourth-order valence-electron chi connectivity index (χ4n) is 2.38. The van der Waals surface area contributed by atoms with Crippen LogP contribution in [0.15, 0.2) is 42.5 Å². The quantitative estimate of drug-likeness (QED) is 0.554. The number of alkyl halides is 3. The van der Waals surface area contributed by atoms with Crippen LogP contribution in [-0.2, 0) is 6.18 Å². The monoisotopic (exact) mass is 362 g/mol. The van der Waals surface area contributed by atoms with Gasteiger partial charge in [0.15, 0.2) is 5.01 Å². The summed E-state index contributed by atoms with van der Waals surface area (Å²) in [7, 11) is 0. The molecule has 0 saturated heterocycles. The number of amides is 1. The summed E-state index contributed by atoms with van der Waals surface area (Å²) in [5.74, 6) is -0.200. The van der Waals surface area contributed by atoms with E-state index in [2.05, 4.69) is 20.3 Å². The van der Waals surface area contributed by atoms with Crippen molar-refractivity contribution in [1.29, 1.82) is 0 Å². The van der Waals surface area contributed by atoms with Gasteiger partial charge in [0.05, 0.1) is 21.3 Å². The third-order valence-corrected chi connectivity index (χ3v) is 4.58. The third-order valence-electron chi connectivity index (χ3n) is 3.51. The molecule has 25 heavy (non-hydrogen) atoms. The molecule has 0 radical (unpaired) electrons. The molecule has 4 aromatic rings. The van der Waals surface area contributed by atoms with Gasteiger partial charge in [-0.2, -0.15) is 13.2 Å². The lowest BCUT2D eigenvalue weighted by molar-refractivity contribution is -0.137. The number of hydrogen-bond acceptors (Lipinski definition) is 4. The maximum atomic E-state index is 12.7. The van der Waals surface area contributed by atoms with Crippen LogP contribution < -0.4 is 5.32 Å². The van der Waals surface area contributed by atoms with Crippen molar-refractivity contribution in [2.75, 3.05) is 5.32 Å². The average Bonchev–Trinajstić information content (AvgIpc) is 3.16. The van der Waals surface area contributed by atoms with Crippen LogP contribution in [0, 0.1) is 0 Å². The Kier molecular flexibility index (Phi) is 3.46. The maximum Gasteiger partial charge on any atom is 0.443 e. The van der Waals surface area contributed by atoms with Crippen molar-refractivity contribution in [1.82, 2.24) is 15.0 Å². The maximum absolute atomic E-state index is 12.7. The number of imidazole rings is 1. The number of thiazole rings is 1. The second-order valence-corrected chi connectivity index (χ2v) is 6.29. The van der Waals surface area contributed by atoms with Crippen molar-refractivity contribution in [3.05, 3.63) is 53.0 Å². The summed E-state index contributed by atoms with van der Waals surface area (Å²) in [6.45, 7) is 0. The standard InChI is InChI=1S/C16H9F3N4OS/c17-16(18,19)14-20-11-6-5-8(7-12(11)25-14)13(24)23-15-21-9-3-1-2-4-10(9)22-15/h1-7H,(H2,21,22,23,24). The minimum absolute atomic E-state index is 0.206. The summed E-state index contributed by atoms with van der Waals surface area (Å²) in [6.07, 6.45) is -4.50. The van der Waals surface area contributed by atoms with Crippen LogP contribution >= 0.6 is 11.3 Å². The van der Waals surface area contributed by atoms with Crippen molar-refractivity contribution in [2.24, 2.45) is 0 Å². The van der Waals surface area contributed by atoms with Gasteiger partial charge in [0.2, 0.25) is 5.95 Å². The predicted octanol–water partition coefficient (Wildman–Crippen LogP) is 4.44. The summed E-state index contributed by atoms with van der Waals surface area (Å²) in [5.41, 5.74) is 1.90. The molecule has 2 heterocycles. The first-order valence-electron chi connectivity index (χ1n) is 7.14. The molecule has 2 aromatic heterocycles. The fourth-order valence-corrected chi connectivity index (χ4v) is 3.25. The Morgan fingerprint density at radius 3 is 2.64 bits per heavy atom. The van der Waals surface area contributed by atoms with Gasteiger partial charge >= 0.3 is 6.18 Å². The first kappa shape index (κ1) is 15.6. The number of carbonyl (C=O) groups is 1. The minimum atomic E-state index is -4.50. The van der Waals surface area contributed by atoms with Gasteiger partial charge in [-0.05, 0) is 30.3 Å². The highest BCUT2D eigenvalue weighted by molar-refractivity contribution is 7.18. The molecule has 5 nitrogen and oxygen atoms in total. The summed E-state index contributed by atoms with van der Waals surface area (Å²) in [4.78, 5) is 23.1. The Morgan fingerprint density at radius 2 is 1.88 bits per heavy atom. The molecule has 126 valence electrons. The molecule has 0 aliphatic carbocycles. The topological polar surface area (TPSA) is 70.7 Å². The zero-order chi connectivity index (χ0) is 17.6. The molecule has 0 atom stereocenters. The van der Waals surface area contributed by atoms with E-state index >= 15 is 0 Å². The SMILES string of the molecule is O=C(Nc1nc2ccccc2[nH]1)c1ccc2nc(C(F)(F)F)sc2c1. The van der Waals surface area contributed by atoms with Crippen molar-refractivity contribution >= 4 is 44.4 Å². The highest BCUT2D eigenvalue weighted by Gasteiger charge is 2.34. The Morgan fingerprint density at radius 1 is 1.08 bits per heavy atom. The van der Waals surface area contributed by atoms with Crippen molar-refractivity contribution in [2.45, 2.75) is 6.18 Å². The van der Waals surface area contributed by atoms with Crippen LogP contribution in [0.25, 0.3) is 21.3 Å². The van der Waals surface area contributed by atoms with Gasteiger partial charge in [0, 0.05) is 5.56 Å². The molecule has 0 bridgehead atoms. The normalized spacial score (nSPS) is 12.0. The van der Waals surface area contributed by atoms with Crippen LogP contribution in [0.3, 0.4) is 0 Å². The first-order valence-corrected chi connectivity index (χ1v) is 7.96. The van der Waals surface area contributed by atoms with E-state index in [-0.39, 0.29) is 17.0 Å². The molecule has 0 fully saturated rings. The Hall–Kier alpha value is -2.94. The molecular formula is C16H9F3N4OS. The van der Waals surface area contributed by atoms with E-state index < -0.39 is 17.1 Å². The van der Waals surface area contributed by atoms with Crippen LogP contribution in [0.2, 0.25) is 0 Å². The van der Waals surface area contributed by atoms with E-state index in [9.17, 15) is 18.0 Å². The van der Waals surface area contributed by atoms with E-state index in [1.165, 1.54) is 18.2 Å². The largest absolute Gasteiger partial charge is 0.443 e. The van der Waals surface area contributed by atoms with Crippen molar-refractivity contribution in [3.63, 3.8) is 0 Å². The lowest BCUT2D eigenvalue weighted by atomic mass is 10.2. The number of aromatic nitrogens is 3. The number of anilines is 1. The van der Waals surface area contributed by atoms with E-state index in [4.69, 9.17) is 0 Å². The van der Waals surface area contributed by atoms with Crippen LogP contribution in [0.5, 0.6) is 0 Å². The third kappa shape index (κ3) is 2.93. The molecular weight excluding hydrogens is 353 g/mol. The summed E-state index contributed by atoms with van der Waals surface area (Å²) in [5, 5.41) is 1.67. The number of nitrogens with zero attached hydrogens (tertiary/aromatic N) is 2. The second kappa shape index (κ2) is 5.55. The number of benzene rings is 2. The number of halogens is 3. The minimum Gasteiger partial charge on any atom is -0.324 e. The van der Waals surface area contributed by atoms with E-state index in [0.717, 1.165) is 5.52 Å². The smallest absolute Gasteiger partial charge is 0.324 e. The van der Waals surface area contributed by atoms with Gasteiger partial charge in [-0.3, -0.25) is 10.1 Å². The molecule has 0 saturated carbocycles. The number of fused-ring (bicyclic) bond motifs is 2. The van der Waals surface area contributed by atoms with Crippen LogP contribution in [0.4, 0.5) is 19.1 Å². The molecule has 9 heteroatoms. The molecule has 0 aliphatic heterocycles.